The Labute approximate surface area is 481 Å². The largest absolute Gasteiger partial charge is 0.311 e. The number of hydrogen-bond donors (Lipinski definition) is 0. The van der Waals surface area contributed by atoms with Gasteiger partial charge in [0.25, 0.3) is 6.71 Å². The summed E-state index contributed by atoms with van der Waals surface area (Å²) in [6.07, 6.45) is 0. The molecule has 0 amide bonds. The van der Waals surface area contributed by atoms with E-state index in [1.807, 2.05) is 0 Å². The lowest BCUT2D eigenvalue weighted by atomic mass is 9.33. The minimum Gasteiger partial charge on any atom is -0.311 e. The van der Waals surface area contributed by atoms with E-state index in [9.17, 15) is 0 Å². The Kier molecular flexibility index (Phi) is 10.6. The van der Waals surface area contributed by atoms with Gasteiger partial charge in [-0.2, -0.15) is 0 Å². The lowest BCUT2D eigenvalue weighted by Gasteiger charge is -2.47. The molecule has 14 rings (SSSR count). The second kappa shape index (κ2) is 16.6. The third kappa shape index (κ3) is 7.62. The van der Waals surface area contributed by atoms with E-state index in [0.29, 0.717) is 0 Å². The van der Waals surface area contributed by atoms with Crippen molar-refractivity contribution in [3.05, 3.63) is 185 Å². The summed E-state index contributed by atoms with van der Waals surface area (Å²) in [7, 11) is 0. The molecule has 0 bridgehead atoms. The maximum atomic E-state index is 2.74. The average Bonchev–Trinajstić information content (AvgIpc) is 2.13. The monoisotopic (exact) mass is 1060 g/mol. The van der Waals surface area contributed by atoms with Crippen molar-refractivity contribution >= 4 is 112 Å². The van der Waals surface area contributed by atoms with Crippen LogP contribution in [0, 0.1) is 0 Å². The van der Waals surface area contributed by atoms with E-state index in [1.54, 1.807) is 0 Å². The first-order chi connectivity index (χ1) is 38.0. The lowest BCUT2D eigenvalue weighted by molar-refractivity contribution is 0.589. The first-order valence-electron chi connectivity index (χ1n) is 29.8. The van der Waals surface area contributed by atoms with Gasteiger partial charge >= 0.3 is 0 Å². The third-order valence-corrected chi connectivity index (χ3v) is 18.7. The zero-order valence-corrected chi connectivity index (χ0v) is 51.3. The van der Waals surface area contributed by atoms with E-state index < -0.39 is 0 Å². The molecule has 0 N–H and O–H groups in total. The number of benzene rings is 9. The summed E-state index contributed by atoms with van der Waals surface area (Å²) in [4.78, 5) is 5.41. The van der Waals surface area contributed by atoms with Crippen LogP contribution in [0.1, 0.15) is 158 Å². The molecule has 5 heterocycles. The molecule has 9 aromatic carbocycles. The van der Waals surface area contributed by atoms with Crippen LogP contribution in [0.25, 0.3) is 65.8 Å². The van der Waals surface area contributed by atoms with Crippen molar-refractivity contribution in [1.29, 1.82) is 0 Å². The highest BCUT2D eigenvalue weighted by Crippen LogP contribution is 2.56. The van der Waals surface area contributed by atoms with E-state index in [0.717, 1.165) is 5.69 Å². The summed E-state index contributed by atoms with van der Waals surface area (Å²) >= 11 is 0. The Morgan fingerprint density at radius 2 is 0.753 bits per heavy atom. The number of hydrogen-bond acceptors (Lipinski definition) is 2. The number of rotatable bonds is 2. The Bertz CT molecular complexity index is 4460. The summed E-state index contributed by atoms with van der Waals surface area (Å²) in [6.45, 7) is 42.5. The van der Waals surface area contributed by atoms with Gasteiger partial charge in [-0.1, -0.05) is 191 Å². The van der Waals surface area contributed by atoms with Crippen LogP contribution in [0.5, 0.6) is 0 Å². The van der Waals surface area contributed by atoms with Gasteiger partial charge in [-0.15, -0.1) is 0 Å². The minimum absolute atomic E-state index is 0.000553. The zero-order valence-electron chi connectivity index (χ0n) is 51.3. The predicted molar refractivity (Wildman–Crippen MR) is 352 cm³/mol. The van der Waals surface area contributed by atoms with E-state index >= 15 is 0 Å². The van der Waals surface area contributed by atoms with Crippen LogP contribution >= 0.6 is 0 Å². The van der Waals surface area contributed by atoms with Gasteiger partial charge in [0.1, 0.15) is 0 Å². The summed E-state index contributed by atoms with van der Waals surface area (Å²) in [5.41, 5.74) is 26.5. The van der Waals surface area contributed by atoms with Crippen molar-refractivity contribution in [2.24, 2.45) is 0 Å². The quantitative estimate of drug-likeness (QED) is 0.160. The molecule has 5 heteroatoms. The van der Waals surface area contributed by atoms with Gasteiger partial charge in [-0.3, -0.25) is 0 Å². The summed E-state index contributed by atoms with van der Waals surface area (Å²) < 4.78 is 5.22. The Morgan fingerprint density at radius 3 is 1.32 bits per heavy atom. The molecule has 3 aliphatic heterocycles. The first-order valence-corrected chi connectivity index (χ1v) is 29.8. The summed E-state index contributed by atoms with van der Waals surface area (Å²) in [5, 5.41) is 7.69. The number of fused-ring (bicyclic) bond motifs is 13. The molecule has 0 saturated heterocycles. The van der Waals surface area contributed by atoms with Crippen molar-refractivity contribution in [1.82, 2.24) is 9.13 Å². The van der Waals surface area contributed by atoms with Gasteiger partial charge in [0.2, 0.25) is 0 Å². The highest BCUT2D eigenvalue weighted by atomic mass is 15.2. The van der Waals surface area contributed by atoms with Crippen LogP contribution in [-0.2, 0) is 32.5 Å². The van der Waals surface area contributed by atoms with Crippen LogP contribution in [0.4, 0.5) is 34.1 Å². The summed E-state index contributed by atoms with van der Waals surface area (Å²) in [6, 6.07) is 60.6. The van der Waals surface area contributed by atoms with Gasteiger partial charge in [-0.05, 0) is 173 Å². The second-order valence-electron chi connectivity index (χ2n) is 30.5. The first kappa shape index (κ1) is 51.6. The van der Waals surface area contributed by atoms with E-state index in [-0.39, 0.29) is 39.2 Å². The number of anilines is 6. The van der Waals surface area contributed by atoms with Gasteiger partial charge in [0.15, 0.2) is 0 Å². The van der Waals surface area contributed by atoms with Gasteiger partial charge in [0.05, 0.1) is 44.8 Å². The van der Waals surface area contributed by atoms with Crippen molar-refractivity contribution < 1.29 is 0 Å². The maximum Gasteiger partial charge on any atom is 0.252 e. The van der Waals surface area contributed by atoms with E-state index in [1.165, 1.54) is 144 Å². The molecule has 0 saturated carbocycles. The standard InChI is InChI=1S/C76H79BN4/c1-71(2,3)45-26-31-60-53(34-45)54-35-46(72(4,5)6)27-32-61(54)78(60)51-29-30-57-63(43-51)79(59-25-21-23-44-22-19-20-24-52(44)59)64-39-50(76(16,17)18)40-65-68(64)77(57)58-38-49(75(13,14)15)42-67-70(58)81(65)66-41-48(74(10,11)12)37-56-55-36-47(73(7,8)9)28-33-62(55)80(67)69(56)66/h19-43H,1-18H3. The molecule has 4 nitrogen and oxygen atoms in total. The smallest absolute Gasteiger partial charge is 0.252 e. The molecule has 0 atom stereocenters. The van der Waals surface area contributed by atoms with Crippen molar-refractivity contribution in [3.63, 3.8) is 0 Å². The third-order valence-electron chi connectivity index (χ3n) is 18.7. The van der Waals surface area contributed by atoms with Crippen LogP contribution in [0.2, 0.25) is 0 Å². The molecule has 0 radical (unpaired) electrons. The van der Waals surface area contributed by atoms with Crippen LogP contribution in [-0.4, -0.2) is 15.8 Å². The molecule has 81 heavy (non-hydrogen) atoms. The zero-order chi connectivity index (χ0) is 57.2. The normalized spacial score (nSPS) is 14.5. The van der Waals surface area contributed by atoms with Crippen molar-refractivity contribution in [2.45, 2.75) is 157 Å². The molecular formula is C76H79BN4. The molecule has 0 fully saturated rings. The molecule has 0 unspecified atom stereocenters. The SMILES string of the molecule is CC(C)(C)c1cc2c3c(c1)N1c4c(cc(C(C)(C)C)cc4-n4c5ccc(C(C)(C)C)cc5c5cc(C(C)(C)C)cc1c54)B3c1ccc(-n3c4ccc(C(C)(C)C)cc4c4cc(C(C)(C)C)ccc43)cc1N2c1cccc2ccccc12. The average molecular weight is 1060 g/mol. The number of nitrogens with zero attached hydrogens (tertiary/aromatic N) is 4. The van der Waals surface area contributed by atoms with Gasteiger partial charge in [0, 0.05) is 49.7 Å². The molecule has 0 spiro atoms. The fourth-order valence-electron chi connectivity index (χ4n) is 13.9. The molecular weight excluding hydrogens is 980 g/mol. The fraction of sp³-hybridized carbons (Fsp3) is 0.316. The number of aromatic nitrogens is 2. The predicted octanol–water partition coefficient (Wildman–Crippen LogP) is 19.2. The second-order valence-corrected chi connectivity index (χ2v) is 30.5. The Hall–Kier alpha value is -7.50. The van der Waals surface area contributed by atoms with Crippen molar-refractivity contribution in [2.75, 3.05) is 9.80 Å². The molecule has 406 valence electrons. The van der Waals surface area contributed by atoms with Crippen LogP contribution in [0.15, 0.2) is 152 Å². The highest BCUT2D eigenvalue weighted by Gasteiger charge is 2.48. The highest BCUT2D eigenvalue weighted by molar-refractivity contribution is 7.00. The van der Waals surface area contributed by atoms with Gasteiger partial charge < -0.3 is 18.9 Å². The van der Waals surface area contributed by atoms with E-state index in [4.69, 9.17) is 0 Å². The molecule has 11 aromatic rings. The van der Waals surface area contributed by atoms with E-state index in [2.05, 4.69) is 295 Å². The Morgan fingerprint density at radius 1 is 0.296 bits per heavy atom. The fourth-order valence-corrected chi connectivity index (χ4v) is 13.9. The topological polar surface area (TPSA) is 16.3 Å². The molecule has 3 aliphatic rings. The van der Waals surface area contributed by atoms with Crippen molar-refractivity contribution in [3.8, 4) is 11.4 Å². The van der Waals surface area contributed by atoms with Crippen LogP contribution < -0.4 is 26.2 Å². The lowest BCUT2D eigenvalue weighted by Crippen LogP contribution is -2.62. The maximum absolute atomic E-state index is 2.74. The summed E-state index contributed by atoms with van der Waals surface area (Å²) in [5.74, 6) is 0. The Balaban J connectivity index is 1.15. The molecule has 0 aliphatic carbocycles. The molecule has 2 aromatic heterocycles. The van der Waals surface area contributed by atoms with Gasteiger partial charge in [-0.25, -0.2) is 0 Å². The minimum atomic E-state index is -0.176. The van der Waals surface area contributed by atoms with Crippen LogP contribution in [0.3, 0.4) is 0 Å².